The number of thioether (sulfide) groups is 1. The Morgan fingerprint density at radius 3 is 2.61 bits per heavy atom. The minimum absolute atomic E-state index is 0.347. The number of aromatic nitrogens is 5. The number of nitrogens with zero attached hydrogens (tertiary/aromatic N) is 7. The number of amides is 2. The Hall–Kier alpha value is -3.90. The van der Waals surface area contributed by atoms with Gasteiger partial charge in [-0.3, -0.25) is 19.9 Å². The molecule has 196 valence electrons. The number of pyridine rings is 1. The fraction of sp³-hybridized carbons (Fsp3) is 0.346. The van der Waals surface area contributed by atoms with Crippen LogP contribution in [-0.2, 0) is 11.3 Å². The SMILES string of the molecule is CN(C)c1ncc(-c2cccc(CNCC3CCN(c4nccc(C=C5SC(=O)NC5=O)n4)CC3)n2)cn1. The van der Waals surface area contributed by atoms with Crippen molar-refractivity contribution in [1.29, 1.82) is 0 Å². The second kappa shape index (κ2) is 11.7. The molecule has 0 unspecified atom stereocenters. The predicted molar refractivity (Wildman–Crippen MR) is 147 cm³/mol. The largest absolute Gasteiger partial charge is 0.347 e. The predicted octanol–water partition coefficient (Wildman–Crippen LogP) is 2.72. The lowest BCUT2D eigenvalue weighted by molar-refractivity contribution is -0.115. The molecule has 12 heteroatoms. The van der Waals surface area contributed by atoms with E-state index in [1.165, 1.54) is 0 Å². The molecule has 0 aliphatic carbocycles. The van der Waals surface area contributed by atoms with Crippen LogP contribution >= 0.6 is 11.8 Å². The maximum absolute atomic E-state index is 11.8. The van der Waals surface area contributed by atoms with Gasteiger partial charge in [-0.05, 0) is 61.3 Å². The van der Waals surface area contributed by atoms with E-state index in [-0.39, 0.29) is 11.1 Å². The zero-order valence-corrected chi connectivity index (χ0v) is 22.1. The minimum Gasteiger partial charge on any atom is -0.347 e. The highest BCUT2D eigenvalue weighted by Crippen LogP contribution is 2.26. The molecular weight excluding hydrogens is 502 g/mol. The first-order valence-corrected chi connectivity index (χ1v) is 13.3. The Kier molecular flexibility index (Phi) is 7.89. The van der Waals surface area contributed by atoms with Gasteiger partial charge in [0.1, 0.15) is 0 Å². The summed E-state index contributed by atoms with van der Waals surface area (Å²) in [4.78, 5) is 50.1. The van der Waals surface area contributed by atoms with Gasteiger partial charge in [0.25, 0.3) is 11.1 Å². The van der Waals surface area contributed by atoms with Gasteiger partial charge in [0.15, 0.2) is 0 Å². The normalized spacial score (nSPS) is 17.2. The summed E-state index contributed by atoms with van der Waals surface area (Å²) in [5.41, 5.74) is 3.35. The van der Waals surface area contributed by atoms with E-state index in [4.69, 9.17) is 4.98 Å². The number of anilines is 2. The van der Waals surface area contributed by atoms with Gasteiger partial charge in [0.2, 0.25) is 11.9 Å². The van der Waals surface area contributed by atoms with Crippen LogP contribution in [-0.4, -0.2) is 69.8 Å². The molecule has 3 aromatic heterocycles. The molecule has 3 aromatic rings. The molecule has 2 amide bonds. The Labute approximate surface area is 225 Å². The molecule has 5 heterocycles. The van der Waals surface area contributed by atoms with Crippen LogP contribution < -0.4 is 20.4 Å². The molecule has 0 saturated carbocycles. The molecule has 2 N–H and O–H groups in total. The highest BCUT2D eigenvalue weighted by Gasteiger charge is 2.25. The summed E-state index contributed by atoms with van der Waals surface area (Å²) >= 11 is 0.886. The number of hydrogen-bond acceptors (Lipinski definition) is 11. The van der Waals surface area contributed by atoms with Crippen molar-refractivity contribution < 1.29 is 9.59 Å². The average Bonchev–Trinajstić information content (AvgIpc) is 3.25. The molecule has 2 fully saturated rings. The molecule has 0 spiro atoms. The average molecular weight is 532 g/mol. The Balaban J connectivity index is 1.10. The van der Waals surface area contributed by atoms with Gasteiger partial charge in [-0.15, -0.1) is 0 Å². The van der Waals surface area contributed by atoms with E-state index in [1.54, 1.807) is 30.7 Å². The van der Waals surface area contributed by atoms with Crippen molar-refractivity contribution in [2.45, 2.75) is 19.4 Å². The van der Waals surface area contributed by atoms with Crippen molar-refractivity contribution in [1.82, 2.24) is 35.6 Å². The van der Waals surface area contributed by atoms with Gasteiger partial charge >= 0.3 is 0 Å². The molecule has 0 atom stereocenters. The third-order valence-corrected chi connectivity index (χ3v) is 7.17. The monoisotopic (exact) mass is 531 g/mol. The van der Waals surface area contributed by atoms with Crippen LogP contribution in [0.15, 0.2) is 47.8 Å². The van der Waals surface area contributed by atoms with Gasteiger partial charge in [0.05, 0.1) is 22.0 Å². The van der Waals surface area contributed by atoms with Crippen molar-refractivity contribution in [2.75, 3.05) is 43.5 Å². The quantitative estimate of drug-likeness (QED) is 0.416. The zero-order valence-electron chi connectivity index (χ0n) is 21.3. The number of nitrogens with one attached hydrogen (secondary N) is 2. The Morgan fingerprint density at radius 2 is 1.89 bits per heavy atom. The van der Waals surface area contributed by atoms with Crippen molar-refractivity contribution in [3.63, 3.8) is 0 Å². The lowest BCUT2D eigenvalue weighted by Gasteiger charge is -2.32. The first-order chi connectivity index (χ1) is 18.4. The van der Waals surface area contributed by atoms with E-state index >= 15 is 0 Å². The van der Waals surface area contributed by atoms with Crippen LogP contribution in [0.4, 0.5) is 16.7 Å². The highest BCUT2D eigenvalue weighted by molar-refractivity contribution is 8.18. The van der Waals surface area contributed by atoms with Gasteiger partial charge in [-0.25, -0.2) is 19.9 Å². The Bertz CT molecular complexity index is 1340. The lowest BCUT2D eigenvalue weighted by atomic mass is 9.97. The van der Waals surface area contributed by atoms with Crippen molar-refractivity contribution in [3.05, 3.63) is 59.1 Å². The molecule has 2 aliphatic heterocycles. The molecular formula is C26H29N9O2S. The number of rotatable bonds is 8. The van der Waals surface area contributed by atoms with Crippen LogP contribution in [0.1, 0.15) is 24.2 Å². The van der Waals surface area contributed by atoms with Crippen molar-refractivity contribution in [3.8, 4) is 11.3 Å². The van der Waals surface area contributed by atoms with E-state index < -0.39 is 0 Å². The maximum atomic E-state index is 11.8. The fourth-order valence-electron chi connectivity index (χ4n) is 4.31. The van der Waals surface area contributed by atoms with Crippen LogP contribution in [0.2, 0.25) is 0 Å². The van der Waals surface area contributed by atoms with Crippen LogP contribution in [0.5, 0.6) is 0 Å². The summed E-state index contributed by atoms with van der Waals surface area (Å²) in [6.07, 6.45) is 8.97. The smallest absolute Gasteiger partial charge is 0.290 e. The molecule has 2 saturated heterocycles. The fourth-order valence-corrected chi connectivity index (χ4v) is 4.98. The maximum Gasteiger partial charge on any atom is 0.290 e. The van der Waals surface area contributed by atoms with E-state index in [9.17, 15) is 9.59 Å². The first-order valence-electron chi connectivity index (χ1n) is 12.4. The van der Waals surface area contributed by atoms with E-state index in [2.05, 4.69) is 35.5 Å². The third-order valence-electron chi connectivity index (χ3n) is 6.36. The van der Waals surface area contributed by atoms with Crippen molar-refractivity contribution >= 4 is 40.9 Å². The van der Waals surface area contributed by atoms with Crippen LogP contribution in [0, 0.1) is 5.92 Å². The van der Waals surface area contributed by atoms with Crippen LogP contribution in [0.25, 0.3) is 17.3 Å². The topological polar surface area (TPSA) is 129 Å². The van der Waals surface area contributed by atoms with E-state index in [0.29, 0.717) is 35.0 Å². The first kappa shape index (κ1) is 25.7. The molecule has 5 rings (SSSR count). The minimum atomic E-state index is -0.386. The second-order valence-corrected chi connectivity index (χ2v) is 10.4. The summed E-state index contributed by atoms with van der Waals surface area (Å²) in [6.45, 7) is 3.32. The molecule has 0 bridgehead atoms. The molecule has 38 heavy (non-hydrogen) atoms. The van der Waals surface area contributed by atoms with Gasteiger partial charge in [0, 0.05) is 57.9 Å². The van der Waals surface area contributed by atoms with Gasteiger partial charge < -0.3 is 15.1 Å². The van der Waals surface area contributed by atoms with Crippen LogP contribution in [0.3, 0.4) is 0 Å². The molecule has 0 aromatic carbocycles. The summed E-state index contributed by atoms with van der Waals surface area (Å²) in [5, 5.41) is 5.46. The summed E-state index contributed by atoms with van der Waals surface area (Å²) in [7, 11) is 3.83. The van der Waals surface area contributed by atoms with E-state index in [1.807, 2.05) is 37.2 Å². The number of piperidine rings is 1. The summed E-state index contributed by atoms with van der Waals surface area (Å²) < 4.78 is 0. The van der Waals surface area contributed by atoms with Gasteiger partial charge in [-0.2, -0.15) is 0 Å². The lowest BCUT2D eigenvalue weighted by Crippen LogP contribution is -2.38. The second-order valence-electron chi connectivity index (χ2n) is 9.38. The number of hydrogen-bond donors (Lipinski definition) is 2. The highest BCUT2D eigenvalue weighted by atomic mass is 32.2. The third kappa shape index (κ3) is 6.32. The zero-order chi connectivity index (χ0) is 26.5. The molecule has 11 nitrogen and oxygen atoms in total. The number of carbonyl (C=O) groups excluding carboxylic acids is 2. The van der Waals surface area contributed by atoms with E-state index in [0.717, 1.165) is 61.2 Å². The number of imide groups is 1. The summed E-state index contributed by atoms with van der Waals surface area (Å²) in [6, 6.07) is 7.75. The molecule has 0 radical (unpaired) electrons. The van der Waals surface area contributed by atoms with Gasteiger partial charge in [-0.1, -0.05) is 6.07 Å². The Morgan fingerprint density at radius 1 is 1.11 bits per heavy atom. The molecule has 2 aliphatic rings. The summed E-state index contributed by atoms with van der Waals surface area (Å²) in [5.74, 6) is 1.48. The number of carbonyl (C=O) groups is 2. The standard InChI is InChI=1S/C26H29N9O2S/c1-34(2)24-29-14-18(15-30-24)21-5-3-4-20(31-21)16-27-13-17-7-10-35(11-8-17)25-28-9-6-19(32-25)12-22-23(36)33-26(37)38-22/h3-6,9,12,14-15,17,27H,7-8,10-11,13,16H2,1-2H3,(H,33,36,37). The van der Waals surface area contributed by atoms with Crippen molar-refractivity contribution in [2.24, 2.45) is 5.92 Å².